The van der Waals surface area contributed by atoms with Crippen LogP contribution < -0.4 is 0 Å². The van der Waals surface area contributed by atoms with E-state index >= 15 is 0 Å². The summed E-state index contributed by atoms with van der Waals surface area (Å²) in [5.41, 5.74) is 2.72. The Labute approximate surface area is 107 Å². The van der Waals surface area contributed by atoms with Crippen LogP contribution in [0.1, 0.15) is 19.8 Å². The Hall–Kier alpha value is -1.15. The Kier molecular flexibility index (Phi) is 2.75. The third-order valence-corrected chi connectivity index (χ3v) is 4.55. The normalized spacial score (nSPS) is 27.2. The van der Waals surface area contributed by atoms with Crippen molar-refractivity contribution in [3.05, 3.63) is 57.7 Å². The molecular formula is C15H17NS. The first-order valence-corrected chi connectivity index (χ1v) is 7.00. The fourth-order valence-corrected chi connectivity index (χ4v) is 3.58. The van der Waals surface area contributed by atoms with Crippen LogP contribution in [0.2, 0.25) is 0 Å². The van der Waals surface area contributed by atoms with Crippen molar-refractivity contribution in [2.24, 2.45) is 5.92 Å². The second kappa shape index (κ2) is 4.26. The lowest BCUT2D eigenvalue weighted by Gasteiger charge is -2.33. The average molecular weight is 243 g/mol. The standard InChI is InChI=1S/C15H17NS/c1-11-7-9-13-15(10-8-11)17-14-6-4-3-5-12(14)16(13)2/h5-11H,3-4H2,1-2H3. The van der Waals surface area contributed by atoms with Crippen LogP contribution in [0.5, 0.6) is 0 Å². The molecule has 0 radical (unpaired) electrons. The first-order chi connectivity index (χ1) is 8.25. The molecule has 0 fully saturated rings. The Morgan fingerprint density at radius 1 is 1.18 bits per heavy atom. The van der Waals surface area contributed by atoms with Gasteiger partial charge in [0.15, 0.2) is 0 Å². The van der Waals surface area contributed by atoms with E-state index < -0.39 is 0 Å². The highest BCUT2D eigenvalue weighted by molar-refractivity contribution is 8.07. The lowest BCUT2D eigenvalue weighted by atomic mass is 10.1. The fraction of sp³-hybridized carbons (Fsp3) is 0.333. The minimum absolute atomic E-state index is 0.527. The Bertz CT molecular complexity index is 491. The molecule has 0 saturated carbocycles. The summed E-state index contributed by atoms with van der Waals surface area (Å²) in [5.74, 6) is 0.527. The van der Waals surface area contributed by atoms with Crippen molar-refractivity contribution in [1.29, 1.82) is 0 Å². The van der Waals surface area contributed by atoms with Crippen molar-refractivity contribution in [3.8, 4) is 0 Å². The number of thioether (sulfide) groups is 1. The monoisotopic (exact) mass is 243 g/mol. The molecule has 0 saturated heterocycles. The van der Waals surface area contributed by atoms with Gasteiger partial charge in [0.05, 0.1) is 11.4 Å². The molecule has 1 aliphatic heterocycles. The average Bonchev–Trinajstić information content (AvgIpc) is 2.53. The largest absolute Gasteiger partial charge is 0.343 e. The van der Waals surface area contributed by atoms with Crippen LogP contribution in [-0.4, -0.2) is 11.9 Å². The van der Waals surface area contributed by atoms with E-state index in [9.17, 15) is 0 Å². The summed E-state index contributed by atoms with van der Waals surface area (Å²) in [6, 6.07) is 0. The molecule has 1 atom stereocenters. The maximum Gasteiger partial charge on any atom is 0.0547 e. The molecule has 0 aromatic carbocycles. The molecule has 88 valence electrons. The van der Waals surface area contributed by atoms with Gasteiger partial charge in [-0.1, -0.05) is 43.0 Å². The number of rotatable bonds is 0. The van der Waals surface area contributed by atoms with Gasteiger partial charge >= 0.3 is 0 Å². The zero-order chi connectivity index (χ0) is 11.8. The highest BCUT2D eigenvalue weighted by atomic mass is 32.2. The minimum Gasteiger partial charge on any atom is -0.343 e. The van der Waals surface area contributed by atoms with Crippen LogP contribution in [0.4, 0.5) is 0 Å². The summed E-state index contributed by atoms with van der Waals surface area (Å²) in [5, 5.41) is 0. The molecular weight excluding hydrogens is 226 g/mol. The van der Waals surface area contributed by atoms with E-state index in [1.807, 2.05) is 11.8 Å². The van der Waals surface area contributed by atoms with Crippen molar-refractivity contribution >= 4 is 11.8 Å². The Morgan fingerprint density at radius 2 is 1.94 bits per heavy atom. The van der Waals surface area contributed by atoms with Gasteiger partial charge in [0.1, 0.15) is 0 Å². The van der Waals surface area contributed by atoms with Crippen LogP contribution in [0, 0.1) is 5.92 Å². The zero-order valence-electron chi connectivity index (χ0n) is 10.3. The Balaban J connectivity index is 2.07. The molecule has 0 spiro atoms. The highest BCUT2D eigenvalue weighted by Crippen LogP contribution is 2.44. The van der Waals surface area contributed by atoms with Crippen LogP contribution in [0.3, 0.4) is 0 Å². The zero-order valence-corrected chi connectivity index (χ0v) is 11.1. The lowest BCUT2D eigenvalue weighted by Crippen LogP contribution is -2.22. The molecule has 2 aliphatic carbocycles. The molecule has 2 heteroatoms. The van der Waals surface area contributed by atoms with Gasteiger partial charge in [-0.25, -0.2) is 0 Å². The molecule has 1 heterocycles. The maximum atomic E-state index is 2.37. The summed E-state index contributed by atoms with van der Waals surface area (Å²) in [6.45, 7) is 2.22. The number of fused-ring (bicyclic) bond motifs is 1. The lowest BCUT2D eigenvalue weighted by molar-refractivity contribution is 0.540. The van der Waals surface area contributed by atoms with Crippen molar-refractivity contribution in [2.45, 2.75) is 19.8 Å². The van der Waals surface area contributed by atoms with E-state index in [0.717, 1.165) is 0 Å². The van der Waals surface area contributed by atoms with Gasteiger partial charge in [0.25, 0.3) is 0 Å². The summed E-state index contributed by atoms with van der Waals surface area (Å²) in [7, 11) is 2.17. The van der Waals surface area contributed by atoms with Crippen LogP contribution >= 0.6 is 11.8 Å². The Morgan fingerprint density at radius 3 is 2.82 bits per heavy atom. The third-order valence-electron chi connectivity index (χ3n) is 3.39. The van der Waals surface area contributed by atoms with E-state index in [1.165, 1.54) is 34.0 Å². The molecule has 0 amide bonds. The number of hydrogen-bond donors (Lipinski definition) is 0. The maximum absolute atomic E-state index is 2.37. The predicted octanol–water partition coefficient (Wildman–Crippen LogP) is 4.20. The minimum atomic E-state index is 0.527. The van der Waals surface area contributed by atoms with Crippen LogP contribution in [0.25, 0.3) is 0 Å². The van der Waals surface area contributed by atoms with Crippen molar-refractivity contribution in [3.63, 3.8) is 0 Å². The van der Waals surface area contributed by atoms with Gasteiger partial charge in [-0.15, -0.1) is 0 Å². The summed E-state index contributed by atoms with van der Waals surface area (Å²) < 4.78 is 0. The van der Waals surface area contributed by atoms with Crippen LogP contribution in [0.15, 0.2) is 57.7 Å². The number of hydrogen-bond acceptors (Lipinski definition) is 2. The molecule has 1 unspecified atom stereocenters. The molecule has 1 nitrogen and oxygen atoms in total. The van der Waals surface area contributed by atoms with Crippen molar-refractivity contribution in [1.82, 2.24) is 4.90 Å². The molecule has 0 N–H and O–H groups in total. The number of nitrogens with zero attached hydrogens (tertiary/aromatic N) is 1. The predicted molar refractivity (Wildman–Crippen MR) is 75.2 cm³/mol. The topological polar surface area (TPSA) is 3.24 Å². The molecule has 3 aliphatic rings. The second-order valence-corrected chi connectivity index (χ2v) is 5.81. The summed E-state index contributed by atoms with van der Waals surface area (Å²) in [6.07, 6.45) is 16.2. The van der Waals surface area contributed by atoms with Gasteiger partial charge in [0.2, 0.25) is 0 Å². The smallest absolute Gasteiger partial charge is 0.0547 e. The molecule has 0 aromatic heterocycles. The van der Waals surface area contributed by atoms with E-state index in [0.29, 0.717) is 5.92 Å². The van der Waals surface area contributed by atoms with Crippen molar-refractivity contribution < 1.29 is 0 Å². The number of likely N-dealkylation sites (N-methyl/N-ethyl adjacent to an activating group) is 1. The summed E-state index contributed by atoms with van der Waals surface area (Å²) >= 11 is 1.91. The van der Waals surface area contributed by atoms with Gasteiger partial charge in [-0.05, 0) is 30.9 Å². The molecule has 0 bridgehead atoms. The van der Waals surface area contributed by atoms with E-state index in [-0.39, 0.29) is 0 Å². The first kappa shape index (κ1) is 11.0. The van der Waals surface area contributed by atoms with E-state index in [2.05, 4.69) is 55.3 Å². The van der Waals surface area contributed by atoms with Gasteiger partial charge < -0.3 is 4.90 Å². The van der Waals surface area contributed by atoms with Gasteiger partial charge in [-0.3, -0.25) is 0 Å². The first-order valence-electron chi connectivity index (χ1n) is 6.18. The van der Waals surface area contributed by atoms with E-state index in [4.69, 9.17) is 0 Å². The van der Waals surface area contributed by atoms with Gasteiger partial charge in [-0.2, -0.15) is 0 Å². The van der Waals surface area contributed by atoms with Crippen molar-refractivity contribution in [2.75, 3.05) is 7.05 Å². The third kappa shape index (κ3) is 1.91. The molecule has 17 heavy (non-hydrogen) atoms. The highest BCUT2D eigenvalue weighted by Gasteiger charge is 2.25. The molecule has 0 aromatic rings. The number of allylic oxidation sites excluding steroid dienone is 6. The van der Waals surface area contributed by atoms with Crippen LogP contribution in [-0.2, 0) is 0 Å². The summed E-state index contributed by atoms with van der Waals surface area (Å²) in [4.78, 5) is 5.12. The SMILES string of the molecule is CC1C=CC2=C(C=C1)N(C)C1=CCCC=C1S2. The van der Waals surface area contributed by atoms with Gasteiger partial charge in [0, 0.05) is 16.9 Å². The molecule has 3 rings (SSSR count). The quantitative estimate of drug-likeness (QED) is 0.627. The van der Waals surface area contributed by atoms with E-state index in [1.54, 1.807) is 0 Å². The second-order valence-electron chi connectivity index (χ2n) is 4.72. The fourth-order valence-electron chi connectivity index (χ4n) is 2.36.